The molecule has 1 saturated carbocycles. The molecule has 0 spiro atoms. The van der Waals surface area contributed by atoms with E-state index in [9.17, 15) is 31.5 Å². The average molecular weight is 753 g/mol. The summed E-state index contributed by atoms with van der Waals surface area (Å²) in [6.07, 6.45) is -4.83. The van der Waals surface area contributed by atoms with Crippen LogP contribution in [0.2, 0.25) is 5.02 Å². The minimum atomic E-state index is -4.76. The van der Waals surface area contributed by atoms with E-state index in [0.717, 1.165) is 17.3 Å². The van der Waals surface area contributed by atoms with Crippen LogP contribution in [0.3, 0.4) is 0 Å². The van der Waals surface area contributed by atoms with Crippen molar-refractivity contribution in [2.45, 2.75) is 69.9 Å². The number of benzene rings is 2. The van der Waals surface area contributed by atoms with Crippen molar-refractivity contribution in [1.29, 1.82) is 5.41 Å². The number of aromatic nitrogens is 6. The standard InChI is InChI=1S/C32H31ClF6N10O3/c1-29(2,3)13-31(19-6-4-17(11-21(19)34)23-41-14-43-47-23)25(50)48(27(40)45-31)22(12-52-28(51)46-30(8-9-30)32(37,38)39)16-5-7-20(33)18(10-16)24-42-15-44-49(24)26(35)36/h4-7,10-11,14-15,22,26H,8-9,12-13H2,1-3H3,(H2,40,45)(H,46,51)(H,41,43,47)/t22-,31-/m1/s1. The summed E-state index contributed by atoms with van der Waals surface area (Å²) >= 11 is 6.39. The van der Waals surface area contributed by atoms with E-state index in [1.165, 1.54) is 36.7 Å². The van der Waals surface area contributed by atoms with Crippen LogP contribution in [0, 0.1) is 16.6 Å². The van der Waals surface area contributed by atoms with Crippen molar-refractivity contribution in [1.82, 2.24) is 45.5 Å². The molecule has 20 heteroatoms. The number of nitrogens with zero attached hydrogens (tertiary/aromatic N) is 6. The van der Waals surface area contributed by atoms with E-state index in [1.807, 2.05) is 5.32 Å². The Hall–Kier alpha value is -5.20. The summed E-state index contributed by atoms with van der Waals surface area (Å²) in [5.74, 6) is -2.45. The molecular weight excluding hydrogens is 722 g/mol. The number of alkyl carbamates (subject to hydrolysis) is 1. The number of guanidine groups is 1. The Morgan fingerprint density at radius 1 is 1.13 bits per heavy atom. The number of ether oxygens (including phenoxy) is 1. The third-order valence-electron chi connectivity index (χ3n) is 8.75. The van der Waals surface area contributed by atoms with E-state index in [1.54, 1.807) is 20.8 Å². The van der Waals surface area contributed by atoms with Crippen molar-refractivity contribution >= 4 is 29.6 Å². The molecule has 276 valence electrons. The third kappa shape index (κ3) is 6.75. The maximum Gasteiger partial charge on any atom is 0.411 e. The number of aromatic amines is 1. The summed E-state index contributed by atoms with van der Waals surface area (Å²) in [7, 11) is 0. The number of hydrogen-bond acceptors (Lipinski definition) is 8. The van der Waals surface area contributed by atoms with Crippen molar-refractivity contribution in [2.24, 2.45) is 5.41 Å². The number of H-pyrrole nitrogens is 1. The molecule has 2 amide bonds. The predicted octanol–water partition coefficient (Wildman–Crippen LogP) is 6.48. The molecule has 1 aliphatic heterocycles. The lowest BCUT2D eigenvalue weighted by Gasteiger charge is -2.35. The first kappa shape index (κ1) is 36.6. The number of carbonyl (C=O) groups excluding carboxylic acids is 2. The molecule has 2 atom stereocenters. The van der Waals surface area contributed by atoms with E-state index < -0.39 is 65.6 Å². The zero-order valence-corrected chi connectivity index (χ0v) is 28.4. The SMILES string of the molecule is CC(C)(C)C[C@]1(c2ccc(-c3nc[nH]n3)cc2F)NC(=N)N([C@H](COC(=O)NC2(C(F)(F)F)CC2)c2ccc(Cl)c(-c3ncnn3C(F)F)c2)C1=O. The molecule has 3 heterocycles. The Bertz CT molecular complexity index is 2010. The van der Waals surface area contributed by atoms with Gasteiger partial charge >= 0.3 is 18.8 Å². The second-order valence-corrected chi connectivity index (χ2v) is 14.1. The number of amides is 2. The number of nitrogens with one attached hydrogen (secondary N) is 4. The quantitative estimate of drug-likeness (QED) is 0.134. The van der Waals surface area contributed by atoms with Gasteiger partial charge in [-0.05, 0) is 48.4 Å². The molecule has 4 N–H and O–H groups in total. The molecule has 0 unspecified atom stereocenters. The van der Waals surface area contributed by atoms with Crippen LogP contribution in [0.4, 0.5) is 31.1 Å². The Kier molecular flexibility index (Phi) is 9.21. The van der Waals surface area contributed by atoms with Gasteiger partial charge in [-0.3, -0.25) is 20.2 Å². The van der Waals surface area contributed by atoms with Crippen molar-refractivity contribution in [3.05, 3.63) is 71.0 Å². The maximum atomic E-state index is 16.1. The Morgan fingerprint density at radius 3 is 2.46 bits per heavy atom. The summed E-state index contributed by atoms with van der Waals surface area (Å²) in [6.45, 7) is 1.43. The molecule has 1 aliphatic carbocycles. The second-order valence-electron chi connectivity index (χ2n) is 13.7. The fraction of sp³-hybridized carbons (Fsp3) is 0.406. The van der Waals surface area contributed by atoms with Gasteiger partial charge < -0.3 is 15.4 Å². The minimum absolute atomic E-state index is 0.0554. The predicted molar refractivity (Wildman–Crippen MR) is 172 cm³/mol. The average Bonchev–Trinajstić information content (AvgIpc) is 3.37. The van der Waals surface area contributed by atoms with Gasteiger partial charge in [0.1, 0.15) is 36.2 Å². The van der Waals surface area contributed by atoms with Gasteiger partial charge in [-0.25, -0.2) is 19.2 Å². The fourth-order valence-corrected chi connectivity index (χ4v) is 6.48. The highest BCUT2D eigenvalue weighted by molar-refractivity contribution is 6.33. The summed E-state index contributed by atoms with van der Waals surface area (Å²) in [5.41, 5.74) is -4.94. The molecule has 2 aromatic carbocycles. The van der Waals surface area contributed by atoms with Crippen molar-refractivity contribution in [2.75, 3.05) is 6.61 Å². The first-order valence-electron chi connectivity index (χ1n) is 15.7. The lowest BCUT2D eigenvalue weighted by Crippen LogP contribution is -2.49. The van der Waals surface area contributed by atoms with Crippen molar-refractivity contribution < 1.29 is 40.7 Å². The maximum absolute atomic E-state index is 16.1. The minimum Gasteiger partial charge on any atom is -0.447 e. The van der Waals surface area contributed by atoms with Crippen LogP contribution in [0.1, 0.15) is 63.8 Å². The third-order valence-corrected chi connectivity index (χ3v) is 9.08. The molecule has 2 fully saturated rings. The van der Waals surface area contributed by atoms with Gasteiger partial charge in [0.05, 0.1) is 11.1 Å². The monoisotopic (exact) mass is 752 g/mol. The molecule has 1 saturated heterocycles. The Balaban J connectivity index is 1.43. The van der Waals surface area contributed by atoms with Gasteiger partial charge in [-0.15, -0.1) is 0 Å². The van der Waals surface area contributed by atoms with Gasteiger partial charge in [-0.2, -0.15) is 36.8 Å². The molecule has 4 aromatic rings. The van der Waals surface area contributed by atoms with E-state index >= 15 is 4.39 Å². The second kappa shape index (κ2) is 13.1. The molecule has 13 nitrogen and oxygen atoms in total. The number of alkyl halides is 5. The smallest absolute Gasteiger partial charge is 0.411 e. The number of carbonyl (C=O) groups is 2. The van der Waals surface area contributed by atoms with Crippen LogP contribution in [-0.4, -0.2) is 71.1 Å². The molecule has 0 bridgehead atoms. The highest BCUT2D eigenvalue weighted by Gasteiger charge is 2.65. The molecule has 52 heavy (non-hydrogen) atoms. The van der Waals surface area contributed by atoms with Crippen molar-refractivity contribution in [3.63, 3.8) is 0 Å². The van der Waals surface area contributed by atoms with Crippen molar-refractivity contribution in [3.8, 4) is 22.8 Å². The van der Waals surface area contributed by atoms with Gasteiger partial charge in [0.15, 0.2) is 17.6 Å². The summed E-state index contributed by atoms with van der Waals surface area (Å²) in [6, 6.07) is 6.41. The van der Waals surface area contributed by atoms with Crippen LogP contribution in [-0.2, 0) is 15.1 Å². The van der Waals surface area contributed by atoms with Crippen LogP contribution in [0.5, 0.6) is 0 Å². The molecular formula is C32H31ClF6N10O3. The van der Waals surface area contributed by atoms with E-state index in [0.29, 0.717) is 10.2 Å². The number of hydrogen-bond donors (Lipinski definition) is 4. The van der Waals surface area contributed by atoms with Gasteiger partial charge in [0.25, 0.3) is 5.91 Å². The van der Waals surface area contributed by atoms with E-state index in [2.05, 4.69) is 30.6 Å². The Labute approximate surface area is 296 Å². The van der Waals surface area contributed by atoms with Gasteiger partial charge in [-0.1, -0.05) is 50.6 Å². The highest BCUT2D eigenvalue weighted by Crippen LogP contribution is 2.49. The van der Waals surface area contributed by atoms with E-state index in [4.69, 9.17) is 21.7 Å². The summed E-state index contributed by atoms with van der Waals surface area (Å²) in [5, 5.41) is 23.6. The largest absolute Gasteiger partial charge is 0.447 e. The lowest BCUT2D eigenvalue weighted by molar-refractivity contribution is -0.164. The zero-order valence-electron chi connectivity index (χ0n) is 27.7. The van der Waals surface area contributed by atoms with Crippen LogP contribution < -0.4 is 10.6 Å². The van der Waals surface area contributed by atoms with E-state index in [-0.39, 0.29) is 52.6 Å². The molecule has 6 rings (SSSR count). The van der Waals surface area contributed by atoms with Crippen LogP contribution in [0.25, 0.3) is 22.8 Å². The molecule has 2 aliphatic rings. The number of rotatable bonds is 10. The number of halogens is 7. The lowest BCUT2D eigenvalue weighted by atomic mass is 9.75. The normalized spacial score (nSPS) is 19.2. The van der Waals surface area contributed by atoms with Crippen LogP contribution in [0.15, 0.2) is 49.1 Å². The van der Waals surface area contributed by atoms with Gasteiger partial charge in [0.2, 0.25) is 0 Å². The zero-order chi connectivity index (χ0) is 37.8. The first-order chi connectivity index (χ1) is 24.4. The first-order valence-corrected chi connectivity index (χ1v) is 16.1. The van der Waals surface area contributed by atoms with Gasteiger partial charge in [0, 0.05) is 16.7 Å². The fourth-order valence-electron chi connectivity index (χ4n) is 6.28. The Morgan fingerprint density at radius 2 is 1.87 bits per heavy atom. The summed E-state index contributed by atoms with van der Waals surface area (Å²) < 4.78 is 90.1. The van der Waals surface area contributed by atoms with Crippen LogP contribution >= 0.6 is 11.6 Å². The molecule has 2 aromatic heterocycles. The molecule has 0 radical (unpaired) electrons. The highest BCUT2D eigenvalue weighted by atomic mass is 35.5. The summed E-state index contributed by atoms with van der Waals surface area (Å²) in [4.78, 5) is 36.4. The topological polar surface area (TPSA) is 167 Å².